The van der Waals surface area contributed by atoms with Crippen LogP contribution < -0.4 is 10.6 Å². The van der Waals surface area contributed by atoms with Crippen LogP contribution in [0.5, 0.6) is 0 Å². The molecule has 3 N–H and O–H groups in total. The predicted molar refractivity (Wildman–Crippen MR) is 117 cm³/mol. The molecule has 1 unspecified atom stereocenters. The maximum Gasteiger partial charge on any atom is 0.191 e. The Morgan fingerprint density at radius 3 is 2.74 bits per heavy atom. The second-order valence-electron chi connectivity index (χ2n) is 7.22. The van der Waals surface area contributed by atoms with E-state index in [9.17, 15) is 9.50 Å². The summed E-state index contributed by atoms with van der Waals surface area (Å²) in [7, 11) is 5.57. The molecule has 1 fully saturated rings. The van der Waals surface area contributed by atoms with Crippen LogP contribution in [0.4, 0.5) is 4.39 Å². The summed E-state index contributed by atoms with van der Waals surface area (Å²) in [5.41, 5.74) is 1.64. The van der Waals surface area contributed by atoms with Crippen molar-refractivity contribution in [3.05, 3.63) is 35.1 Å². The zero-order valence-corrected chi connectivity index (χ0v) is 18.8. The molecular formula is C19H32FIN4O2. The van der Waals surface area contributed by atoms with Gasteiger partial charge in [-0.25, -0.2) is 4.39 Å². The van der Waals surface area contributed by atoms with Gasteiger partial charge in [-0.3, -0.25) is 4.99 Å². The number of guanidine groups is 1. The zero-order chi connectivity index (χ0) is 19.0. The van der Waals surface area contributed by atoms with E-state index in [1.54, 1.807) is 13.1 Å². The average molecular weight is 494 g/mol. The van der Waals surface area contributed by atoms with Gasteiger partial charge in [-0.15, -0.1) is 24.0 Å². The number of benzene rings is 1. The number of rotatable bonds is 8. The van der Waals surface area contributed by atoms with Crippen molar-refractivity contribution in [3.8, 4) is 0 Å². The Balaban J connectivity index is 0.00000364. The van der Waals surface area contributed by atoms with Crippen molar-refractivity contribution in [1.82, 2.24) is 15.5 Å². The molecule has 1 aromatic carbocycles. The first-order chi connectivity index (χ1) is 12.5. The van der Waals surface area contributed by atoms with E-state index in [0.717, 1.165) is 18.6 Å². The van der Waals surface area contributed by atoms with E-state index in [1.807, 2.05) is 25.1 Å². The highest BCUT2D eigenvalue weighted by Gasteiger charge is 2.34. The quantitative estimate of drug-likeness (QED) is 0.293. The molecule has 2 rings (SSSR count). The first-order valence-electron chi connectivity index (χ1n) is 9.03. The number of aliphatic hydroxyl groups excluding tert-OH is 1. The molecule has 0 amide bonds. The number of aliphatic hydroxyl groups is 1. The standard InChI is InChI=1S/C19H31FN4O2.HI/c1-21-18(23-13-19(6-8-25)7-9-26-14-19)22-11-15-4-5-17(20)16(10-15)12-24(2)3;/h4-5,10,25H,6-9,11-14H2,1-3H3,(H2,21,22,23);1H. The fourth-order valence-electron chi connectivity index (χ4n) is 3.19. The largest absolute Gasteiger partial charge is 0.396 e. The minimum absolute atomic E-state index is 0. The molecular weight excluding hydrogens is 462 g/mol. The molecule has 8 heteroatoms. The third kappa shape index (κ3) is 7.52. The molecule has 27 heavy (non-hydrogen) atoms. The van der Waals surface area contributed by atoms with E-state index >= 15 is 0 Å². The van der Waals surface area contributed by atoms with Gasteiger partial charge in [0.05, 0.1) is 6.61 Å². The van der Waals surface area contributed by atoms with Gasteiger partial charge in [0.2, 0.25) is 0 Å². The molecule has 0 bridgehead atoms. The van der Waals surface area contributed by atoms with Crippen molar-refractivity contribution in [2.24, 2.45) is 10.4 Å². The van der Waals surface area contributed by atoms with Crippen molar-refractivity contribution in [2.45, 2.75) is 25.9 Å². The summed E-state index contributed by atoms with van der Waals surface area (Å²) in [6, 6.07) is 5.18. The van der Waals surface area contributed by atoms with Gasteiger partial charge in [-0.05, 0) is 44.6 Å². The highest BCUT2D eigenvalue weighted by atomic mass is 127. The smallest absolute Gasteiger partial charge is 0.191 e. The first-order valence-corrected chi connectivity index (χ1v) is 9.03. The van der Waals surface area contributed by atoms with E-state index in [1.165, 1.54) is 6.07 Å². The van der Waals surface area contributed by atoms with E-state index in [2.05, 4.69) is 15.6 Å². The number of hydrogen-bond acceptors (Lipinski definition) is 4. The van der Waals surface area contributed by atoms with Crippen LogP contribution >= 0.6 is 24.0 Å². The first kappa shape index (κ1) is 24.1. The second-order valence-corrected chi connectivity index (χ2v) is 7.22. The van der Waals surface area contributed by atoms with Crippen LogP contribution in [0, 0.1) is 11.2 Å². The van der Waals surface area contributed by atoms with Crippen LogP contribution in [0.15, 0.2) is 23.2 Å². The van der Waals surface area contributed by atoms with Crippen LogP contribution in [0.2, 0.25) is 0 Å². The van der Waals surface area contributed by atoms with Crippen LogP contribution in [0.25, 0.3) is 0 Å². The molecule has 1 aliphatic rings. The molecule has 0 radical (unpaired) electrons. The van der Waals surface area contributed by atoms with E-state index in [0.29, 0.717) is 44.2 Å². The van der Waals surface area contributed by atoms with Gasteiger partial charge in [-0.1, -0.05) is 6.07 Å². The minimum atomic E-state index is -0.183. The average Bonchev–Trinajstić information content (AvgIpc) is 3.06. The van der Waals surface area contributed by atoms with Gasteiger partial charge in [0.1, 0.15) is 5.82 Å². The number of nitrogens with zero attached hydrogens (tertiary/aromatic N) is 2. The lowest BCUT2D eigenvalue weighted by molar-refractivity contribution is 0.127. The fraction of sp³-hybridized carbons (Fsp3) is 0.632. The Labute approximate surface area is 178 Å². The second kappa shape index (κ2) is 11.8. The van der Waals surface area contributed by atoms with Gasteiger partial charge in [0.25, 0.3) is 0 Å². The number of nitrogens with one attached hydrogen (secondary N) is 2. The summed E-state index contributed by atoms with van der Waals surface area (Å²) >= 11 is 0. The summed E-state index contributed by atoms with van der Waals surface area (Å²) < 4.78 is 19.4. The van der Waals surface area contributed by atoms with Crippen molar-refractivity contribution < 1.29 is 14.2 Å². The number of aliphatic imine (C=N–C) groups is 1. The molecule has 1 aromatic rings. The molecule has 1 atom stereocenters. The molecule has 0 spiro atoms. The highest BCUT2D eigenvalue weighted by molar-refractivity contribution is 14.0. The summed E-state index contributed by atoms with van der Waals surface area (Å²) in [6.07, 6.45) is 1.65. The molecule has 1 aliphatic heterocycles. The Hall–Kier alpha value is -0.970. The molecule has 0 aromatic heterocycles. The molecule has 6 nitrogen and oxygen atoms in total. The third-order valence-electron chi connectivity index (χ3n) is 4.74. The van der Waals surface area contributed by atoms with Crippen LogP contribution in [0.3, 0.4) is 0 Å². The summed E-state index contributed by atoms with van der Waals surface area (Å²) in [5, 5.41) is 15.9. The van der Waals surface area contributed by atoms with E-state index < -0.39 is 0 Å². The summed E-state index contributed by atoms with van der Waals surface area (Å²) in [6.45, 7) is 3.37. The van der Waals surface area contributed by atoms with Crippen molar-refractivity contribution in [3.63, 3.8) is 0 Å². The van der Waals surface area contributed by atoms with Crippen molar-refractivity contribution in [1.29, 1.82) is 0 Å². The highest BCUT2D eigenvalue weighted by Crippen LogP contribution is 2.31. The Bertz CT molecular complexity index is 607. The molecule has 154 valence electrons. The van der Waals surface area contributed by atoms with Crippen molar-refractivity contribution >= 4 is 29.9 Å². The van der Waals surface area contributed by atoms with Crippen LogP contribution in [-0.2, 0) is 17.8 Å². The lowest BCUT2D eigenvalue weighted by atomic mass is 9.84. The lowest BCUT2D eigenvalue weighted by Crippen LogP contribution is -2.44. The summed E-state index contributed by atoms with van der Waals surface area (Å²) in [5.74, 6) is 0.504. The Morgan fingerprint density at radius 2 is 2.15 bits per heavy atom. The van der Waals surface area contributed by atoms with E-state index in [-0.39, 0.29) is 41.8 Å². The number of halogens is 2. The van der Waals surface area contributed by atoms with Gasteiger partial charge in [0.15, 0.2) is 5.96 Å². The SMILES string of the molecule is CN=C(NCc1ccc(F)c(CN(C)C)c1)NCC1(CCO)CCOC1.I. The van der Waals surface area contributed by atoms with Crippen LogP contribution in [-0.4, -0.2) is 63.5 Å². The number of hydrogen-bond donors (Lipinski definition) is 3. The monoisotopic (exact) mass is 494 g/mol. The van der Waals surface area contributed by atoms with Gasteiger partial charge in [0, 0.05) is 50.9 Å². The normalized spacial score (nSPS) is 19.9. The van der Waals surface area contributed by atoms with Gasteiger partial charge in [-0.2, -0.15) is 0 Å². The molecule has 1 heterocycles. The Kier molecular flexibility index (Phi) is 10.5. The molecule has 1 saturated heterocycles. The summed E-state index contributed by atoms with van der Waals surface area (Å²) in [4.78, 5) is 6.20. The molecule has 0 aliphatic carbocycles. The topological polar surface area (TPSA) is 69.1 Å². The minimum Gasteiger partial charge on any atom is -0.396 e. The lowest BCUT2D eigenvalue weighted by Gasteiger charge is -2.27. The van der Waals surface area contributed by atoms with Crippen molar-refractivity contribution in [2.75, 3.05) is 47.5 Å². The number of ether oxygens (including phenoxy) is 1. The van der Waals surface area contributed by atoms with Crippen LogP contribution in [0.1, 0.15) is 24.0 Å². The fourth-order valence-corrected chi connectivity index (χ4v) is 3.19. The maximum atomic E-state index is 13.9. The Morgan fingerprint density at radius 1 is 1.37 bits per heavy atom. The predicted octanol–water partition coefficient (Wildman–Crippen LogP) is 1.96. The zero-order valence-electron chi connectivity index (χ0n) is 16.4. The molecule has 0 saturated carbocycles. The third-order valence-corrected chi connectivity index (χ3v) is 4.74. The van der Waals surface area contributed by atoms with Gasteiger partial charge < -0.3 is 25.4 Å². The maximum absolute atomic E-state index is 13.9. The van der Waals surface area contributed by atoms with Gasteiger partial charge >= 0.3 is 0 Å². The van der Waals surface area contributed by atoms with E-state index in [4.69, 9.17) is 4.74 Å².